The minimum absolute atomic E-state index is 0.147. The second kappa shape index (κ2) is 11.4. The fraction of sp³-hybridized carbons (Fsp3) is 0.207. The van der Waals surface area contributed by atoms with Crippen LogP contribution in [-0.4, -0.2) is 65.2 Å². The summed E-state index contributed by atoms with van der Waals surface area (Å²) in [6.45, 7) is 4.04. The number of amides is 1. The molecule has 4 aromatic rings. The molecule has 1 aromatic heterocycles. The van der Waals surface area contributed by atoms with Gasteiger partial charge in [0.15, 0.2) is 0 Å². The van der Waals surface area contributed by atoms with Gasteiger partial charge in [-0.1, -0.05) is 36.4 Å². The largest absolute Gasteiger partial charge is 0.395 e. The molecule has 0 saturated carbocycles. The first-order chi connectivity index (χ1) is 18.5. The van der Waals surface area contributed by atoms with E-state index in [9.17, 15) is 4.79 Å². The number of fused-ring (bicyclic) bond motifs is 1. The number of carbonyl (C=O) groups is 1. The summed E-state index contributed by atoms with van der Waals surface area (Å²) in [7, 11) is 0. The molecule has 1 amide bonds. The Hall–Kier alpha value is -4.34. The first-order valence-electron chi connectivity index (χ1n) is 12.5. The van der Waals surface area contributed by atoms with Crippen molar-refractivity contribution in [3.05, 3.63) is 84.3 Å². The molecule has 0 atom stereocenters. The number of para-hydroxylation sites is 1. The highest BCUT2D eigenvalue weighted by Crippen LogP contribution is 2.30. The van der Waals surface area contributed by atoms with Gasteiger partial charge < -0.3 is 21.1 Å². The minimum atomic E-state index is -0.509. The third-order valence-corrected chi connectivity index (χ3v) is 6.60. The van der Waals surface area contributed by atoms with Crippen LogP contribution in [0.3, 0.4) is 0 Å². The van der Waals surface area contributed by atoms with Crippen LogP contribution in [0.25, 0.3) is 28.1 Å². The fourth-order valence-corrected chi connectivity index (χ4v) is 4.63. The summed E-state index contributed by atoms with van der Waals surface area (Å²) in [5.41, 5.74) is 9.71. The third-order valence-electron chi connectivity index (χ3n) is 6.60. The van der Waals surface area contributed by atoms with E-state index in [1.807, 2.05) is 48.5 Å². The summed E-state index contributed by atoms with van der Waals surface area (Å²) in [4.78, 5) is 24.6. The molecule has 3 aromatic carbocycles. The SMILES string of the molecule is NC(=O)C=Cc1cccc(-c2cccc3cnc(Nc4ccc(N5CCN(CCO)CC5)cc4F)nc23)c1. The van der Waals surface area contributed by atoms with E-state index in [1.165, 1.54) is 12.1 Å². The van der Waals surface area contributed by atoms with Crippen LogP contribution in [0.15, 0.2) is 72.9 Å². The van der Waals surface area contributed by atoms with Gasteiger partial charge in [0.05, 0.1) is 17.8 Å². The van der Waals surface area contributed by atoms with Crippen LogP contribution >= 0.6 is 0 Å². The van der Waals surface area contributed by atoms with Crippen LogP contribution in [0, 0.1) is 5.82 Å². The Morgan fingerprint density at radius 1 is 1.08 bits per heavy atom. The van der Waals surface area contributed by atoms with Gasteiger partial charge in [-0.05, 0) is 41.5 Å². The number of hydrogen-bond acceptors (Lipinski definition) is 7. The molecule has 2 heterocycles. The molecule has 8 nitrogen and oxygen atoms in total. The first-order valence-corrected chi connectivity index (χ1v) is 12.5. The summed E-state index contributed by atoms with van der Waals surface area (Å²) in [5.74, 6) is -0.602. The van der Waals surface area contributed by atoms with E-state index in [4.69, 9.17) is 15.8 Å². The number of nitrogens with one attached hydrogen (secondary N) is 1. The molecule has 0 spiro atoms. The molecule has 0 radical (unpaired) electrons. The normalized spacial score (nSPS) is 14.3. The van der Waals surface area contributed by atoms with E-state index in [0.717, 1.165) is 59.5 Å². The fourth-order valence-electron chi connectivity index (χ4n) is 4.63. The van der Waals surface area contributed by atoms with E-state index >= 15 is 4.39 Å². The average molecular weight is 513 g/mol. The van der Waals surface area contributed by atoms with Gasteiger partial charge in [0.1, 0.15) is 5.82 Å². The predicted octanol–water partition coefficient (Wildman–Crippen LogP) is 3.79. The number of aliphatic hydroxyl groups excluding tert-OH is 1. The maximum Gasteiger partial charge on any atom is 0.241 e. The zero-order valence-corrected chi connectivity index (χ0v) is 20.8. The summed E-state index contributed by atoms with van der Waals surface area (Å²) >= 11 is 0. The van der Waals surface area contributed by atoms with Gasteiger partial charge in [0, 0.05) is 61.6 Å². The zero-order chi connectivity index (χ0) is 26.5. The Morgan fingerprint density at radius 2 is 1.89 bits per heavy atom. The standard InChI is InChI=1S/C29H29FN6O2/c30-25-18-23(36-13-11-35(12-14-36)15-16-37)8-9-26(25)33-29-32-19-22-5-2-6-24(28(22)34-29)21-4-1-3-20(17-21)7-10-27(31)38/h1-10,17-19,37H,11-16H2,(H2,31,38)(H,32,33,34). The summed E-state index contributed by atoms with van der Waals surface area (Å²) < 4.78 is 15.1. The number of halogens is 1. The maximum absolute atomic E-state index is 15.1. The summed E-state index contributed by atoms with van der Waals surface area (Å²) in [6.07, 6.45) is 4.70. The van der Waals surface area contributed by atoms with Crippen molar-refractivity contribution < 1.29 is 14.3 Å². The van der Waals surface area contributed by atoms with E-state index in [-0.39, 0.29) is 12.4 Å². The quantitative estimate of drug-likeness (QED) is 0.308. The molecule has 1 aliphatic heterocycles. The molecule has 1 aliphatic rings. The molecule has 38 heavy (non-hydrogen) atoms. The van der Waals surface area contributed by atoms with Crippen LogP contribution < -0.4 is 16.0 Å². The van der Waals surface area contributed by atoms with Gasteiger partial charge in [-0.25, -0.2) is 14.4 Å². The maximum atomic E-state index is 15.1. The Bertz CT molecular complexity index is 1480. The number of aromatic nitrogens is 2. The molecular formula is C29H29FN6O2. The zero-order valence-electron chi connectivity index (χ0n) is 20.8. The van der Waals surface area contributed by atoms with Crippen molar-refractivity contribution in [2.75, 3.05) is 49.5 Å². The molecule has 1 saturated heterocycles. The highest BCUT2D eigenvalue weighted by molar-refractivity contribution is 5.95. The number of hydrogen-bond donors (Lipinski definition) is 3. The molecular weight excluding hydrogens is 483 g/mol. The number of carbonyl (C=O) groups excluding carboxylic acids is 1. The van der Waals surface area contributed by atoms with Crippen molar-refractivity contribution in [3.8, 4) is 11.1 Å². The Labute approximate surface area is 220 Å². The van der Waals surface area contributed by atoms with Gasteiger partial charge in [-0.15, -0.1) is 0 Å². The van der Waals surface area contributed by atoms with Crippen molar-refractivity contribution in [3.63, 3.8) is 0 Å². The first kappa shape index (κ1) is 25.3. The van der Waals surface area contributed by atoms with Gasteiger partial charge in [-0.3, -0.25) is 9.69 Å². The molecule has 0 aliphatic carbocycles. The van der Waals surface area contributed by atoms with Crippen LogP contribution in [0.1, 0.15) is 5.56 Å². The number of β-amino-alcohol motifs (C(OH)–C–C–N with tert-alkyl or cyclic N) is 1. The van der Waals surface area contributed by atoms with Gasteiger partial charge in [0.25, 0.3) is 0 Å². The predicted molar refractivity (Wildman–Crippen MR) is 149 cm³/mol. The molecule has 0 bridgehead atoms. The molecule has 5 rings (SSSR count). The highest BCUT2D eigenvalue weighted by Gasteiger charge is 2.18. The lowest BCUT2D eigenvalue weighted by Gasteiger charge is -2.35. The van der Waals surface area contributed by atoms with E-state index in [1.54, 1.807) is 18.3 Å². The number of rotatable bonds is 8. The van der Waals surface area contributed by atoms with Gasteiger partial charge in [-0.2, -0.15) is 0 Å². The molecule has 4 N–H and O–H groups in total. The van der Waals surface area contributed by atoms with Crippen molar-refractivity contribution in [2.45, 2.75) is 0 Å². The Balaban J connectivity index is 1.38. The average Bonchev–Trinajstić information content (AvgIpc) is 2.93. The van der Waals surface area contributed by atoms with Crippen LogP contribution in [0.4, 0.5) is 21.7 Å². The van der Waals surface area contributed by atoms with Crippen LogP contribution in [0.2, 0.25) is 0 Å². The van der Waals surface area contributed by atoms with Crippen molar-refractivity contribution in [1.82, 2.24) is 14.9 Å². The number of benzene rings is 3. The molecule has 9 heteroatoms. The Kier molecular flexibility index (Phi) is 7.57. The number of primary amides is 1. The monoisotopic (exact) mass is 512 g/mol. The lowest BCUT2D eigenvalue weighted by atomic mass is 10.0. The van der Waals surface area contributed by atoms with Crippen molar-refractivity contribution in [2.24, 2.45) is 5.73 Å². The number of nitrogens with zero attached hydrogens (tertiary/aromatic N) is 4. The second-order valence-corrected chi connectivity index (χ2v) is 9.14. The lowest BCUT2D eigenvalue weighted by molar-refractivity contribution is -0.113. The number of piperazine rings is 1. The van der Waals surface area contributed by atoms with E-state index in [2.05, 4.69) is 20.1 Å². The Morgan fingerprint density at radius 3 is 2.66 bits per heavy atom. The van der Waals surface area contributed by atoms with E-state index < -0.39 is 5.91 Å². The molecule has 194 valence electrons. The number of aliphatic hydroxyl groups is 1. The van der Waals surface area contributed by atoms with E-state index in [0.29, 0.717) is 18.2 Å². The number of anilines is 3. The molecule has 0 unspecified atom stereocenters. The van der Waals surface area contributed by atoms with Gasteiger partial charge >= 0.3 is 0 Å². The van der Waals surface area contributed by atoms with Crippen molar-refractivity contribution in [1.29, 1.82) is 0 Å². The summed E-state index contributed by atoms with van der Waals surface area (Å²) in [6, 6.07) is 18.7. The third kappa shape index (κ3) is 5.80. The van der Waals surface area contributed by atoms with Crippen molar-refractivity contribution >= 4 is 40.2 Å². The molecule has 1 fully saturated rings. The second-order valence-electron chi connectivity index (χ2n) is 9.14. The van der Waals surface area contributed by atoms with Crippen LogP contribution in [0.5, 0.6) is 0 Å². The minimum Gasteiger partial charge on any atom is -0.395 e. The smallest absolute Gasteiger partial charge is 0.241 e. The van der Waals surface area contributed by atoms with Crippen LogP contribution in [-0.2, 0) is 4.79 Å². The highest BCUT2D eigenvalue weighted by atomic mass is 19.1. The lowest BCUT2D eigenvalue weighted by Crippen LogP contribution is -2.47. The topological polar surface area (TPSA) is 108 Å². The number of nitrogens with two attached hydrogens (primary N) is 1. The van der Waals surface area contributed by atoms with Gasteiger partial charge in [0.2, 0.25) is 11.9 Å². The summed E-state index contributed by atoms with van der Waals surface area (Å²) in [5, 5.41) is 13.0.